The van der Waals surface area contributed by atoms with Crippen LogP contribution in [0.2, 0.25) is 5.02 Å². The van der Waals surface area contributed by atoms with Crippen LogP contribution in [0.15, 0.2) is 49.1 Å². The third-order valence-corrected chi connectivity index (χ3v) is 2.89. The molecular formula is C13H8ClFN4. The number of aromatic nitrogens is 4. The molecule has 0 radical (unpaired) electrons. The Balaban J connectivity index is 2.18. The fourth-order valence-corrected chi connectivity index (χ4v) is 1.98. The maximum absolute atomic E-state index is 13.9. The molecular weight excluding hydrogens is 267 g/mol. The molecule has 19 heavy (non-hydrogen) atoms. The Labute approximate surface area is 113 Å². The average molecular weight is 275 g/mol. The summed E-state index contributed by atoms with van der Waals surface area (Å²) in [6.07, 6.45) is 6.46. The second-order valence-electron chi connectivity index (χ2n) is 3.85. The molecule has 0 atom stereocenters. The van der Waals surface area contributed by atoms with Gasteiger partial charge in [0.15, 0.2) is 0 Å². The van der Waals surface area contributed by atoms with E-state index in [1.165, 1.54) is 12.1 Å². The quantitative estimate of drug-likeness (QED) is 0.721. The predicted molar refractivity (Wildman–Crippen MR) is 69.6 cm³/mol. The summed E-state index contributed by atoms with van der Waals surface area (Å²) in [4.78, 5) is 4.18. The van der Waals surface area contributed by atoms with E-state index in [-0.39, 0.29) is 5.82 Å². The number of halogens is 2. The summed E-state index contributed by atoms with van der Waals surface area (Å²) in [5.74, 6) is 0.0897. The lowest BCUT2D eigenvalue weighted by molar-refractivity contribution is 0.629. The fourth-order valence-electron chi connectivity index (χ4n) is 1.81. The maximum atomic E-state index is 13.9. The fraction of sp³-hybridized carbons (Fsp3) is 0. The Morgan fingerprint density at radius 2 is 2.00 bits per heavy atom. The molecule has 0 aliphatic carbocycles. The summed E-state index contributed by atoms with van der Waals surface area (Å²) in [5.41, 5.74) is 1.09. The van der Waals surface area contributed by atoms with Crippen LogP contribution < -0.4 is 0 Å². The summed E-state index contributed by atoms with van der Waals surface area (Å²) >= 11 is 5.91. The van der Waals surface area contributed by atoms with Gasteiger partial charge in [0.1, 0.15) is 11.6 Å². The second kappa shape index (κ2) is 4.78. The van der Waals surface area contributed by atoms with Gasteiger partial charge in [-0.15, -0.1) is 0 Å². The van der Waals surface area contributed by atoms with Crippen molar-refractivity contribution >= 4 is 11.6 Å². The summed E-state index contributed by atoms with van der Waals surface area (Å²) in [5, 5.41) is 7.96. The molecule has 6 heteroatoms. The molecule has 0 aliphatic heterocycles. The SMILES string of the molecule is Fc1ccc(Cl)cc1-c1nccn1-c1ccnnc1. The van der Waals surface area contributed by atoms with Crippen molar-refractivity contribution in [2.75, 3.05) is 0 Å². The van der Waals surface area contributed by atoms with Crippen LogP contribution in [0.5, 0.6) is 0 Å². The van der Waals surface area contributed by atoms with Crippen LogP contribution in [0.25, 0.3) is 17.1 Å². The van der Waals surface area contributed by atoms with Gasteiger partial charge in [-0.2, -0.15) is 10.2 Å². The van der Waals surface area contributed by atoms with Crippen LogP contribution in [0.4, 0.5) is 4.39 Å². The van der Waals surface area contributed by atoms with Gasteiger partial charge in [0, 0.05) is 17.4 Å². The van der Waals surface area contributed by atoms with Gasteiger partial charge >= 0.3 is 0 Å². The maximum Gasteiger partial charge on any atom is 0.147 e. The average Bonchev–Trinajstić information content (AvgIpc) is 2.91. The van der Waals surface area contributed by atoms with Gasteiger partial charge in [0.2, 0.25) is 0 Å². The number of nitrogens with zero attached hydrogens (tertiary/aromatic N) is 4. The van der Waals surface area contributed by atoms with E-state index in [1.54, 1.807) is 41.5 Å². The number of hydrogen-bond donors (Lipinski definition) is 0. The van der Waals surface area contributed by atoms with E-state index >= 15 is 0 Å². The first-order valence-corrected chi connectivity index (χ1v) is 5.89. The predicted octanol–water partition coefficient (Wildman–Crippen LogP) is 3.12. The van der Waals surface area contributed by atoms with Gasteiger partial charge in [-0.1, -0.05) is 11.6 Å². The molecule has 0 saturated carbocycles. The minimum atomic E-state index is -0.376. The van der Waals surface area contributed by atoms with Crippen LogP contribution in [-0.4, -0.2) is 19.7 Å². The van der Waals surface area contributed by atoms with Crippen LogP contribution >= 0.6 is 11.6 Å². The molecule has 3 rings (SSSR count). The van der Waals surface area contributed by atoms with Crippen LogP contribution in [-0.2, 0) is 0 Å². The summed E-state index contributed by atoms with van der Waals surface area (Å²) < 4.78 is 15.6. The highest BCUT2D eigenvalue weighted by molar-refractivity contribution is 6.30. The van der Waals surface area contributed by atoms with E-state index in [9.17, 15) is 4.39 Å². The molecule has 0 aliphatic rings. The number of imidazole rings is 1. The Morgan fingerprint density at radius 1 is 1.11 bits per heavy atom. The van der Waals surface area contributed by atoms with Crippen molar-refractivity contribution in [3.63, 3.8) is 0 Å². The van der Waals surface area contributed by atoms with Crippen molar-refractivity contribution in [1.29, 1.82) is 0 Å². The molecule has 0 bridgehead atoms. The van der Waals surface area contributed by atoms with Crippen molar-refractivity contribution < 1.29 is 4.39 Å². The lowest BCUT2D eigenvalue weighted by Crippen LogP contribution is -1.99. The smallest absolute Gasteiger partial charge is 0.147 e. The van der Waals surface area contributed by atoms with E-state index in [2.05, 4.69) is 15.2 Å². The van der Waals surface area contributed by atoms with Crippen molar-refractivity contribution in [2.45, 2.75) is 0 Å². The lowest BCUT2D eigenvalue weighted by atomic mass is 10.2. The zero-order valence-corrected chi connectivity index (χ0v) is 10.4. The summed E-state index contributed by atoms with van der Waals surface area (Å²) in [6, 6.07) is 6.13. The third-order valence-electron chi connectivity index (χ3n) is 2.66. The highest BCUT2D eigenvalue weighted by Crippen LogP contribution is 2.26. The molecule has 0 N–H and O–H groups in total. The molecule has 0 spiro atoms. The molecule has 2 aromatic heterocycles. The van der Waals surface area contributed by atoms with Gasteiger partial charge in [0.05, 0.1) is 23.6 Å². The molecule has 2 heterocycles. The van der Waals surface area contributed by atoms with Gasteiger partial charge in [0.25, 0.3) is 0 Å². The molecule has 0 saturated heterocycles. The first-order valence-electron chi connectivity index (χ1n) is 5.51. The van der Waals surface area contributed by atoms with E-state index in [4.69, 9.17) is 11.6 Å². The minimum Gasteiger partial charge on any atom is -0.298 e. The van der Waals surface area contributed by atoms with Crippen molar-refractivity contribution in [2.24, 2.45) is 0 Å². The van der Waals surface area contributed by atoms with E-state index < -0.39 is 0 Å². The molecule has 0 amide bonds. The zero-order chi connectivity index (χ0) is 13.2. The highest BCUT2D eigenvalue weighted by Gasteiger charge is 2.12. The van der Waals surface area contributed by atoms with Crippen LogP contribution in [0, 0.1) is 5.82 Å². The Hall–Kier alpha value is -2.27. The van der Waals surface area contributed by atoms with E-state index in [0.717, 1.165) is 5.69 Å². The Morgan fingerprint density at radius 3 is 2.79 bits per heavy atom. The molecule has 0 fully saturated rings. The highest BCUT2D eigenvalue weighted by atomic mass is 35.5. The van der Waals surface area contributed by atoms with Crippen molar-refractivity contribution in [3.8, 4) is 17.1 Å². The third kappa shape index (κ3) is 2.20. The van der Waals surface area contributed by atoms with Crippen LogP contribution in [0.1, 0.15) is 0 Å². The lowest BCUT2D eigenvalue weighted by Gasteiger charge is -2.08. The van der Waals surface area contributed by atoms with Crippen molar-refractivity contribution in [1.82, 2.24) is 19.7 Å². The second-order valence-corrected chi connectivity index (χ2v) is 4.28. The molecule has 94 valence electrons. The van der Waals surface area contributed by atoms with Gasteiger partial charge in [-0.25, -0.2) is 9.37 Å². The normalized spacial score (nSPS) is 10.6. The zero-order valence-electron chi connectivity index (χ0n) is 9.66. The first-order chi connectivity index (χ1) is 9.25. The Bertz CT molecular complexity index is 712. The van der Waals surface area contributed by atoms with Gasteiger partial charge < -0.3 is 0 Å². The van der Waals surface area contributed by atoms with Gasteiger partial charge in [-0.3, -0.25) is 4.57 Å². The minimum absolute atomic E-state index is 0.342. The largest absolute Gasteiger partial charge is 0.298 e. The van der Waals surface area contributed by atoms with E-state index in [0.29, 0.717) is 16.4 Å². The standard InChI is InChI=1S/C13H8ClFN4/c14-9-1-2-12(15)11(7-9)13-16-5-6-19(13)10-3-4-17-18-8-10/h1-8H. The topological polar surface area (TPSA) is 43.6 Å². The number of rotatable bonds is 2. The number of benzene rings is 1. The summed E-state index contributed by atoms with van der Waals surface area (Å²) in [6.45, 7) is 0. The molecule has 1 aromatic carbocycles. The Kier molecular flexibility index (Phi) is 2.97. The first kappa shape index (κ1) is 11.8. The monoisotopic (exact) mass is 274 g/mol. The molecule has 4 nitrogen and oxygen atoms in total. The molecule has 3 aromatic rings. The van der Waals surface area contributed by atoms with Gasteiger partial charge in [-0.05, 0) is 24.3 Å². The summed E-state index contributed by atoms with van der Waals surface area (Å²) in [7, 11) is 0. The molecule has 0 unspecified atom stereocenters. The van der Waals surface area contributed by atoms with Crippen LogP contribution in [0.3, 0.4) is 0 Å². The number of hydrogen-bond acceptors (Lipinski definition) is 3. The van der Waals surface area contributed by atoms with E-state index in [1.807, 2.05) is 0 Å². The van der Waals surface area contributed by atoms with Crippen molar-refractivity contribution in [3.05, 3.63) is 59.9 Å².